The number of ether oxygens (including phenoxy) is 2. The van der Waals surface area contributed by atoms with Gasteiger partial charge in [-0.1, -0.05) is 36.4 Å². The maximum absolute atomic E-state index is 13.5. The molecule has 312 valence electrons. The lowest BCUT2D eigenvalue weighted by Gasteiger charge is -2.38. The van der Waals surface area contributed by atoms with Gasteiger partial charge in [-0.05, 0) is 101 Å². The number of carboxylic acids is 1. The summed E-state index contributed by atoms with van der Waals surface area (Å²) in [5, 5.41) is 12.4. The highest BCUT2D eigenvalue weighted by Crippen LogP contribution is 2.27. The summed E-state index contributed by atoms with van der Waals surface area (Å²) in [6.45, 7) is 9.81. The molecule has 13 nitrogen and oxygen atoms in total. The summed E-state index contributed by atoms with van der Waals surface area (Å²) in [5.41, 5.74) is 4.39. The lowest BCUT2D eigenvalue weighted by molar-refractivity contribution is 0.0373. The van der Waals surface area contributed by atoms with Crippen molar-refractivity contribution >= 4 is 24.3 Å². The van der Waals surface area contributed by atoms with Gasteiger partial charge in [0, 0.05) is 79.1 Å². The molecule has 2 fully saturated rings. The predicted octanol–water partition coefficient (Wildman–Crippen LogP) is 8.09. The number of piperidine rings is 2. The van der Waals surface area contributed by atoms with Crippen molar-refractivity contribution < 1.29 is 24.2 Å². The zero-order valence-electron chi connectivity index (χ0n) is 34.2. The molecule has 60 heavy (non-hydrogen) atoms. The van der Waals surface area contributed by atoms with E-state index in [-0.39, 0.29) is 42.1 Å². The molecule has 4 aromatic heterocycles. The van der Waals surface area contributed by atoms with Crippen molar-refractivity contribution in [2.24, 2.45) is 0 Å². The van der Waals surface area contributed by atoms with Gasteiger partial charge in [0.2, 0.25) is 11.8 Å². The normalized spacial score (nSPS) is 18.2. The van der Waals surface area contributed by atoms with Gasteiger partial charge in [0.05, 0.1) is 17.7 Å². The molecule has 0 radical (unpaired) electrons. The van der Waals surface area contributed by atoms with Gasteiger partial charge in [-0.25, -0.2) is 34.7 Å². The molecule has 2 saturated heterocycles. The molecule has 0 aliphatic carbocycles. The number of nitrogens with one attached hydrogen (secondary N) is 1. The zero-order chi connectivity index (χ0) is 41.6. The average molecular weight is 831 g/mol. The van der Waals surface area contributed by atoms with Gasteiger partial charge < -0.3 is 24.8 Å². The highest BCUT2D eigenvalue weighted by molar-refractivity contribution is 6.00. The molecule has 0 saturated carbocycles. The third-order valence-corrected chi connectivity index (χ3v) is 10.00. The maximum Gasteiger partial charge on any atom is 0.336 e. The lowest BCUT2D eigenvalue weighted by Crippen LogP contribution is -2.49. The molecule has 2 N–H and O–H groups in total. The first kappa shape index (κ1) is 44.8. The van der Waals surface area contributed by atoms with Crippen LogP contribution in [0.25, 0.3) is 22.8 Å². The Morgan fingerprint density at radius 1 is 0.633 bits per heavy atom. The van der Waals surface area contributed by atoms with Gasteiger partial charge in [0.15, 0.2) is 11.6 Å². The second-order valence-electron chi connectivity index (χ2n) is 14.6. The Morgan fingerprint density at radius 3 is 1.65 bits per heavy atom. The Kier molecular flexibility index (Phi) is 16.5. The van der Waals surface area contributed by atoms with E-state index in [1.807, 2.05) is 60.4 Å². The van der Waals surface area contributed by atoms with E-state index in [4.69, 9.17) is 14.6 Å². The van der Waals surface area contributed by atoms with Crippen LogP contribution in [0.15, 0.2) is 122 Å². The van der Waals surface area contributed by atoms with E-state index in [9.17, 15) is 9.59 Å². The second-order valence-corrected chi connectivity index (χ2v) is 14.6. The number of likely N-dealkylation sites (tertiary alicyclic amines) is 1. The summed E-state index contributed by atoms with van der Waals surface area (Å²) in [4.78, 5) is 51.5. The standard InChI is InChI=1S/C23H24N4O2.C12H18N2O.C11H8N2O2.ClH/c1-16-10-13-24-21(14-16)29-18-9-8-17(2)27(15-18)23(28)20-7-4-3-6-19(20)22-25-11-5-12-26-22;1-9-5-6-13-12(7-9)15-11-4-3-10(2)14-8-11;14-11(15)9-5-2-1-4-8(9)10-12-6-3-7-13-10;/h3-7,10-14,17-18H,8-9,15H2,1-2H3;5-7,10-11,14H,3-4,8H2,1-2H3;1-7H,(H,14,15);1H/t17-,18-;10-,11-;;/m11../s1. The quantitative estimate of drug-likeness (QED) is 0.152. The van der Waals surface area contributed by atoms with Crippen LogP contribution in [0.5, 0.6) is 11.8 Å². The van der Waals surface area contributed by atoms with Crippen LogP contribution in [-0.4, -0.2) is 89.2 Å². The van der Waals surface area contributed by atoms with Gasteiger partial charge in [0.1, 0.15) is 12.2 Å². The van der Waals surface area contributed by atoms with Gasteiger partial charge in [-0.2, -0.15) is 0 Å². The van der Waals surface area contributed by atoms with Crippen LogP contribution in [0, 0.1) is 13.8 Å². The molecule has 8 rings (SSSR count). The predicted molar refractivity (Wildman–Crippen MR) is 232 cm³/mol. The number of nitrogens with zero attached hydrogens (tertiary/aromatic N) is 7. The Hall–Kier alpha value is -6.31. The number of aromatic carboxylic acids is 1. The van der Waals surface area contributed by atoms with Gasteiger partial charge in [0.25, 0.3) is 5.91 Å². The zero-order valence-corrected chi connectivity index (χ0v) is 35.0. The van der Waals surface area contributed by atoms with Crippen LogP contribution in [0.3, 0.4) is 0 Å². The minimum Gasteiger partial charge on any atom is -0.478 e. The summed E-state index contributed by atoms with van der Waals surface area (Å²) in [7, 11) is 0. The number of halogens is 1. The number of pyridine rings is 2. The summed E-state index contributed by atoms with van der Waals surface area (Å²) in [6.07, 6.45) is 14.3. The van der Waals surface area contributed by atoms with E-state index in [1.165, 1.54) is 18.1 Å². The Labute approximate surface area is 357 Å². The number of carbonyl (C=O) groups is 2. The molecule has 6 aromatic rings. The number of carbonyl (C=O) groups excluding carboxylic acids is 1. The summed E-state index contributed by atoms with van der Waals surface area (Å²) < 4.78 is 11.9. The lowest BCUT2D eigenvalue weighted by atomic mass is 9.98. The van der Waals surface area contributed by atoms with E-state index in [2.05, 4.69) is 56.0 Å². The third kappa shape index (κ3) is 12.6. The fourth-order valence-electron chi connectivity index (χ4n) is 6.77. The molecule has 1 amide bonds. The van der Waals surface area contributed by atoms with Crippen molar-refractivity contribution in [3.05, 3.63) is 144 Å². The monoisotopic (exact) mass is 830 g/mol. The molecule has 4 atom stereocenters. The molecule has 2 aromatic carbocycles. The van der Waals surface area contributed by atoms with Crippen molar-refractivity contribution in [1.29, 1.82) is 0 Å². The molecule has 0 bridgehead atoms. The van der Waals surface area contributed by atoms with Crippen molar-refractivity contribution in [1.82, 2.24) is 40.1 Å². The van der Waals surface area contributed by atoms with E-state index in [1.54, 1.807) is 67.5 Å². The fraction of sp³-hybridized carbons (Fsp3) is 0.304. The van der Waals surface area contributed by atoms with Crippen LogP contribution in [0.2, 0.25) is 0 Å². The van der Waals surface area contributed by atoms with Gasteiger partial charge in [-0.15, -0.1) is 12.4 Å². The molecule has 2 aliphatic rings. The third-order valence-electron chi connectivity index (χ3n) is 10.00. The van der Waals surface area contributed by atoms with Crippen molar-refractivity contribution in [2.75, 3.05) is 13.1 Å². The molecule has 6 heterocycles. The number of amides is 1. The van der Waals surface area contributed by atoms with Crippen molar-refractivity contribution in [2.45, 2.75) is 77.7 Å². The van der Waals surface area contributed by atoms with Crippen molar-refractivity contribution in [3.63, 3.8) is 0 Å². The van der Waals surface area contributed by atoms with E-state index < -0.39 is 5.97 Å². The molecular formula is C46H51ClN8O5. The van der Waals surface area contributed by atoms with Gasteiger partial charge in [-0.3, -0.25) is 4.79 Å². The number of aryl methyl sites for hydroxylation is 2. The van der Waals surface area contributed by atoms with E-state index in [0.29, 0.717) is 41.2 Å². The average Bonchev–Trinajstić information content (AvgIpc) is 3.26. The SMILES string of the molecule is Cc1ccnc(O[C@@H]2CC[C@@H](C)N(C(=O)c3ccccc3-c3ncccn3)C2)c1.Cc1ccnc(O[C@@H]2CC[C@@H](C)NC2)c1.Cl.O=C(O)c1ccccc1-c1ncccn1. The Morgan fingerprint density at radius 2 is 1.13 bits per heavy atom. The summed E-state index contributed by atoms with van der Waals surface area (Å²) in [6, 6.07) is 26.2. The topological polar surface area (TPSA) is 165 Å². The van der Waals surface area contributed by atoms with Gasteiger partial charge >= 0.3 is 5.97 Å². The highest BCUT2D eigenvalue weighted by atomic mass is 35.5. The minimum absolute atomic E-state index is 0. The number of hydrogen-bond acceptors (Lipinski definition) is 11. The fourth-order valence-corrected chi connectivity index (χ4v) is 6.77. The first-order chi connectivity index (χ1) is 28.6. The molecule has 14 heteroatoms. The summed E-state index contributed by atoms with van der Waals surface area (Å²) >= 11 is 0. The van der Waals surface area contributed by atoms with Crippen LogP contribution in [0.1, 0.15) is 71.4 Å². The molecule has 0 unspecified atom stereocenters. The largest absolute Gasteiger partial charge is 0.478 e. The van der Waals surface area contributed by atoms with E-state index >= 15 is 0 Å². The number of rotatable bonds is 8. The summed E-state index contributed by atoms with van der Waals surface area (Å²) in [5.74, 6) is 1.34. The Bertz CT molecular complexity index is 2280. The molecule has 2 aliphatic heterocycles. The maximum atomic E-state index is 13.5. The number of carboxylic acid groups (broad SMARTS) is 1. The first-order valence-electron chi connectivity index (χ1n) is 19.8. The number of hydrogen-bond donors (Lipinski definition) is 2. The smallest absolute Gasteiger partial charge is 0.336 e. The van der Waals surface area contributed by atoms with Crippen LogP contribution in [-0.2, 0) is 0 Å². The molecular weight excluding hydrogens is 780 g/mol. The number of benzene rings is 2. The number of aromatic nitrogens is 6. The van der Waals surface area contributed by atoms with E-state index in [0.717, 1.165) is 42.8 Å². The van der Waals surface area contributed by atoms with Crippen LogP contribution in [0.4, 0.5) is 0 Å². The minimum atomic E-state index is -0.974. The second kappa shape index (κ2) is 22.2. The first-order valence-corrected chi connectivity index (χ1v) is 19.8. The Balaban J connectivity index is 0.000000186. The van der Waals surface area contributed by atoms with Crippen LogP contribution >= 0.6 is 12.4 Å². The van der Waals surface area contributed by atoms with Crippen LogP contribution < -0.4 is 14.8 Å². The highest BCUT2D eigenvalue weighted by Gasteiger charge is 2.32. The van der Waals surface area contributed by atoms with Crippen molar-refractivity contribution in [3.8, 4) is 34.5 Å². The molecule has 0 spiro atoms.